The second-order valence-corrected chi connectivity index (χ2v) is 8.57. The molecular weight excluding hydrogens is 390 g/mol. The molecule has 1 aliphatic rings. The molecule has 3 aromatic rings. The number of rotatable bonds is 8. The Morgan fingerprint density at radius 3 is 2.58 bits per heavy atom. The van der Waals surface area contributed by atoms with Crippen LogP contribution < -0.4 is 5.32 Å². The van der Waals surface area contributed by atoms with Crippen molar-refractivity contribution in [2.45, 2.75) is 32.9 Å². The highest BCUT2D eigenvalue weighted by atomic mass is 16.5. The van der Waals surface area contributed by atoms with Crippen molar-refractivity contribution in [1.29, 1.82) is 0 Å². The minimum Gasteiger partial charge on any atom is -0.379 e. The first-order valence-electron chi connectivity index (χ1n) is 11.1. The SMILES string of the molecule is CC(C)C[C@@H](CNC(=O)c1ccc(Cn2nnc3ccccc32)cc1)N1CCOCC1. The third-order valence-corrected chi connectivity index (χ3v) is 5.77. The molecule has 0 radical (unpaired) electrons. The van der Waals surface area contributed by atoms with Crippen molar-refractivity contribution in [3.63, 3.8) is 0 Å². The molecule has 164 valence electrons. The number of carbonyl (C=O) groups excluding carboxylic acids is 1. The fourth-order valence-corrected chi connectivity index (χ4v) is 4.13. The van der Waals surface area contributed by atoms with Gasteiger partial charge in [-0.1, -0.05) is 43.3 Å². The Hall–Kier alpha value is -2.77. The number of nitrogens with zero attached hydrogens (tertiary/aromatic N) is 4. The predicted molar refractivity (Wildman–Crippen MR) is 121 cm³/mol. The van der Waals surface area contributed by atoms with Crippen molar-refractivity contribution in [3.05, 3.63) is 59.7 Å². The first-order valence-corrected chi connectivity index (χ1v) is 11.1. The highest BCUT2D eigenvalue weighted by molar-refractivity contribution is 5.94. The molecule has 0 spiro atoms. The Morgan fingerprint density at radius 1 is 1.10 bits per heavy atom. The molecule has 7 heteroatoms. The van der Waals surface area contributed by atoms with Crippen molar-refractivity contribution in [2.24, 2.45) is 5.92 Å². The van der Waals surface area contributed by atoms with E-state index in [-0.39, 0.29) is 5.91 Å². The highest BCUT2D eigenvalue weighted by Crippen LogP contribution is 2.15. The van der Waals surface area contributed by atoms with Gasteiger partial charge in [0.25, 0.3) is 5.91 Å². The minimum absolute atomic E-state index is 0.0280. The first-order chi connectivity index (χ1) is 15.1. The number of ether oxygens (including phenoxy) is 1. The van der Waals surface area contributed by atoms with E-state index >= 15 is 0 Å². The van der Waals surface area contributed by atoms with Crippen molar-refractivity contribution in [3.8, 4) is 0 Å². The summed E-state index contributed by atoms with van der Waals surface area (Å²) in [6, 6.07) is 16.0. The van der Waals surface area contributed by atoms with Gasteiger partial charge in [-0.25, -0.2) is 4.68 Å². The van der Waals surface area contributed by atoms with E-state index in [0.717, 1.165) is 49.3 Å². The lowest BCUT2D eigenvalue weighted by Crippen LogP contribution is -2.49. The molecule has 1 N–H and O–H groups in total. The topological polar surface area (TPSA) is 72.3 Å². The number of hydrogen-bond donors (Lipinski definition) is 1. The lowest BCUT2D eigenvalue weighted by atomic mass is 10.0. The average Bonchev–Trinajstić information content (AvgIpc) is 3.20. The molecule has 1 atom stereocenters. The van der Waals surface area contributed by atoms with Crippen LogP contribution in [0.5, 0.6) is 0 Å². The molecule has 2 aromatic carbocycles. The molecule has 1 aromatic heterocycles. The van der Waals surface area contributed by atoms with Gasteiger partial charge in [0.2, 0.25) is 0 Å². The van der Waals surface area contributed by atoms with Crippen LogP contribution in [0.1, 0.15) is 36.2 Å². The summed E-state index contributed by atoms with van der Waals surface area (Å²) in [7, 11) is 0. The van der Waals surface area contributed by atoms with Gasteiger partial charge in [-0.05, 0) is 42.2 Å². The van der Waals surface area contributed by atoms with Gasteiger partial charge in [-0.3, -0.25) is 9.69 Å². The van der Waals surface area contributed by atoms with Crippen LogP contribution in [0.25, 0.3) is 11.0 Å². The quantitative estimate of drug-likeness (QED) is 0.605. The molecule has 0 bridgehead atoms. The van der Waals surface area contributed by atoms with Crippen molar-refractivity contribution < 1.29 is 9.53 Å². The third kappa shape index (κ3) is 5.48. The van der Waals surface area contributed by atoms with Gasteiger partial charge in [-0.2, -0.15) is 0 Å². The van der Waals surface area contributed by atoms with Crippen LogP contribution in [0.2, 0.25) is 0 Å². The van der Waals surface area contributed by atoms with Crippen molar-refractivity contribution >= 4 is 16.9 Å². The summed E-state index contributed by atoms with van der Waals surface area (Å²) in [5, 5.41) is 11.6. The molecule has 0 saturated carbocycles. The second kappa shape index (κ2) is 10.0. The first kappa shape index (κ1) is 21.5. The van der Waals surface area contributed by atoms with Gasteiger partial charge in [-0.15, -0.1) is 5.10 Å². The number of aromatic nitrogens is 3. The van der Waals surface area contributed by atoms with Crippen molar-refractivity contribution in [2.75, 3.05) is 32.8 Å². The molecule has 2 heterocycles. The average molecular weight is 422 g/mol. The van der Waals surface area contributed by atoms with Crippen LogP contribution in [0.4, 0.5) is 0 Å². The maximum atomic E-state index is 12.7. The highest BCUT2D eigenvalue weighted by Gasteiger charge is 2.22. The van der Waals surface area contributed by atoms with E-state index in [1.807, 2.05) is 53.2 Å². The minimum atomic E-state index is -0.0280. The number of hydrogen-bond acceptors (Lipinski definition) is 5. The van der Waals surface area contributed by atoms with E-state index in [1.54, 1.807) is 0 Å². The van der Waals surface area contributed by atoms with Crippen LogP contribution >= 0.6 is 0 Å². The van der Waals surface area contributed by atoms with Gasteiger partial charge in [0.15, 0.2) is 0 Å². The zero-order valence-electron chi connectivity index (χ0n) is 18.3. The molecule has 1 aliphatic heterocycles. The second-order valence-electron chi connectivity index (χ2n) is 8.57. The van der Waals surface area contributed by atoms with Gasteiger partial charge in [0.05, 0.1) is 25.3 Å². The Kier molecular flexibility index (Phi) is 6.94. The predicted octanol–water partition coefficient (Wildman–Crippen LogP) is 2.96. The fraction of sp³-hybridized carbons (Fsp3) is 0.458. The summed E-state index contributed by atoms with van der Waals surface area (Å²) in [4.78, 5) is 15.2. The zero-order chi connectivity index (χ0) is 21.6. The maximum Gasteiger partial charge on any atom is 0.251 e. The molecule has 1 fully saturated rings. The van der Waals surface area contributed by atoms with Crippen molar-refractivity contribution in [1.82, 2.24) is 25.2 Å². The summed E-state index contributed by atoms with van der Waals surface area (Å²) in [6.07, 6.45) is 1.06. The lowest BCUT2D eigenvalue weighted by molar-refractivity contribution is 0.0124. The summed E-state index contributed by atoms with van der Waals surface area (Å²) in [5.74, 6) is 0.552. The molecular formula is C24H31N5O2. The molecule has 31 heavy (non-hydrogen) atoms. The normalized spacial score (nSPS) is 16.0. The van der Waals surface area contributed by atoms with Crippen LogP contribution in [-0.4, -0.2) is 64.7 Å². The van der Waals surface area contributed by atoms with Gasteiger partial charge < -0.3 is 10.1 Å². The van der Waals surface area contributed by atoms with E-state index in [2.05, 4.69) is 34.4 Å². The summed E-state index contributed by atoms with van der Waals surface area (Å²) >= 11 is 0. The Balaban J connectivity index is 1.36. The standard InChI is InChI=1S/C24H31N5O2/c1-18(2)15-21(28-11-13-31-14-12-28)16-25-24(30)20-9-7-19(8-10-20)17-29-23-6-4-3-5-22(23)26-27-29/h3-10,18,21H,11-17H2,1-2H3,(H,25,30)/t21-/m0/s1. The monoisotopic (exact) mass is 421 g/mol. The fourth-order valence-electron chi connectivity index (χ4n) is 4.13. The number of nitrogens with one attached hydrogen (secondary N) is 1. The number of amides is 1. The number of carbonyl (C=O) groups is 1. The van der Waals surface area contributed by atoms with Gasteiger partial charge in [0.1, 0.15) is 5.52 Å². The number of fused-ring (bicyclic) bond motifs is 1. The molecule has 0 aliphatic carbocycles. The van der Waals surface area contributed by atoms with E-state index < -0.39 is 0 Å². The van der Waals surface area contributed by atoms with Crippen LogP contribution in [0, 0.1) is 5.92 Å². The smallest absolute Gasteiger partial charge is 0.251 e. The molecule has 1 amide bonds. The Bertz CT molecular complexity index is 993. The Labute approximate surface area is 183 Å². The lowest BCUT2D eigenvalue weighted by Gasteiger charge is -2.35. The summed E-state index contributed by atoms with van der Waals surface area (Å²) in [5.41, 5.74) is 3.65. The molecule has 4 rings (SSSR count). The summed E-state index contributed by atoms with van der Waals surface area (Å²) in [6.45, 7) is 9.13. The van der Waals surface area contributed by atoms with Gasteiger partial charge >= 0.3 is 0 Å². The van der Waals surface area contributed by atoms with E-state index in [0.29, 0.717) is 30.6 Å². The van der Waals surface area contributed by atoms with Crippen LogP contribution in [0.3, 0.4) is 0 Å². The van der Waals surface area contributed by atoms with E-state index in [4.69, 9.17) is 4.74 Å². The van der Waals surface area contributed by atoms with Crippen LogP contribution in [-0.2, 0) is 11.3 Å². The largest absolute Gasteiger partial charge is 0.379 e. The Morgan fingerprint density at radius 2 is 1.84 bits per heavy atom. The van der Waals surface area contributed by atoms with E-state index in [9.17, 15) is 4.79 Å². The molecule has 7 nitrogen and oxygen atoms in total. The molecule has 1 saturated heterocycles. The molecule has 0 unspecified atom stereocenters. The number of para-hydroxylation sites is 1. The number of benzene rings is 2. The zero-order valence-corrected chi connectivity index (χ0v) is 18.3. The van der Waals surface area contributed by atoms with E-state index in [1.165, 1.54) is 0 Å². The third-order valence-electron chi connectivity index (χ3n) is 5.77. The summed E-state index contributed by atoms with van der Waals surface area (Å²) < 4.78 is 7.36. The number of morpholine rings is 1. The maximum absolute atomic E-state index is 12.7. The van der Waals surface area contributed by atoms with Gasteiger partial charge in [0, 0.05) is 31.2 Å². The van der Waals surface area contributed by atoms with Crippen LogP contribution in [0.15, 0.2) is 48.5 Å².